The number of rotatable bonds is 8. The van der Waals surface area contributed by atoms with E-state index in [1.54, 1.807) is 0 Å². The van der Waals surface area contributed by atoms with Crippen molar-refractivity contribution in [3.8, 4) is 0 Å². The van der Waals surface area contributed by atoms with Crippen LogP contribution in [0.2, 0.25) is 5.02 Å². The Hall–Kier alpha value is -1.06. The zero-order valence-corrected chi connectivity index (χ0v) is 13.3. The summed E-state index contributed by atoms with van der Waals surface area (Å²) in [6.45, 7) is 5.19. The van der Waals surface area contributed by atoms with Crippen molar-refractivity contribution in [1.29, 1.82) is 0 Å². The van der Waals surface area contributed by atoms with E-state index in [1.807, 2.05) is 31.3 Å². The van der Waals surface area contributed by atoms with Gasteiger partial charge in [-0.05, 0) is 50.0 Å². The van der Waals surface area contributed by atoms with Crippen LogP contribution in [0.4, 0.5) is 0 Å². The van der Waals surface area contributed by atoms with Gasteiger partial charge in [0.2, 0.25) is 5.91 Å². The van der Waals surface area contributed by atoms with Crippen LogP contribution < -0.4 is 10.6 Å². The van der Waals surface area contributed by atoms with E-state index in [1.165, 1.54) is 0 Å². The first-order valence-corrected chi connectivity index (χ1v) is 7.60. The molecule has 1 atom stereocenters. The van der Waals surface area contributed by atoms with E-state index in [0.717, 1.165) is 30.0 Å². The Balaban J connectivity index is 2.64. The molecule has 4 heteroatoms. The van der Waals surface area contributed by atoms with Crippen LogP contribution in [-0.4, -0.2) is 19.5 Å². The maximum atomic E-state index is 12.0. The first kappa shape index (κ1) is 17.0. The molecule has 0 fully saturated rings. The lowest BCUT2D eigenvalue weighted by Crippen LogP contribution is -2.29. The fourth-order valence-corrected chi connectivity index (χ4v) is 2.26. The van der Waals surface area contributed by atoms with E-state index in [2.05, 4.69) is 24.5 Å². The van der Waals surface area contributed by atoms with Crippen LogP contribution in [-0.2, 0) is 4.79 Å². The summed E-state index contributed by atoms with van der Waals surface area (Å²) in [5.74, 6) is 0.633. The summed E-state index contributed by atoms with van der Waals surface area (Å²) < 4.78 is 0. The number of carbonyl (C=O) groups is 1. The lowest BCUT2D eigenvalue weighted by molar-refractivity contribution is -0.122. The molecule has 1 amide bonds. The smallest absolute Gasteiger partial charge is 0.220 e. The maximum absolute atomic E-state index is 12.0. The van der Waals surface area contributed by atoms with Crippen LogP contribution in [0.3, 0.4) is 0 Å². The molecule has 1 rings (SSSR count). The molecule has 0 saturated heterocycles. The van der Waals surface area contributed by atoms with Crippen molar-refractivity contribution < 1.29 is 4.79 Å². The predicted molar refractivity (Wildman–Crippen MR) is 85.0 cm³/mol. The quantitative estimate of drug-likeness (QED) is 0.720. The second-order valence-electron chi connectivity index (χ2n) is 5.51. The first-order chi connectivity index (χ1) is 9.52. The summed E-state index contributed by atoms with van der Waals surface area (Å²) in [5.41, 5.74) is 1.12. The average molecular weight is 297 g/mol. The van der Waals surface area contributed by atoms with Gasteiger partial charge >= 0.3 is 0 Å². The Morgan fingerprint density at radius 2 is 1.90 bits per heavy atom. The highest BCUT2D eigenvalue weighted by Crippen LogP contribution is 2.23. The van der Waals surface area contributed by atoms with Gasteiger partial charge in [0.05, 0.1) is 6.04 Å². The second kappa shape index (κ2) is 8.98. The molecule has 1 unspecified atom stereocenters. The molecule has 0 aliphatic rings. The maximum Gasteiger partial charge on any atom is 0.220 e. The number of halogens is 1. The summed E-state index contributed by atoms with van der Waals surface area (Å²) in [7, 11) is 1.90. The minimum atomic E-state index is 0.0642. The highest BCUT2D eigenvalue weighted by atomic mass is 35.5. The lowest BCUT2D eigenvalue weighted by atomic mass is 9.97. The third-order valence-corrected chi connectivity index (χ3v) is 3.40. The number of hydrogen-bond acceptors (Lipinski definition) is 2. The average Bonchev–Trinajstić information content (AvgIpc) is 2.38. The molecule has 20 heavy (non-hydrogen) atoms. The van der Waals surface area contributed by atoms with Gasteiger partial charge in [-0.3, -0.25) is 4.79 Å². The van der Waals surface area contributed by atoms with Gasteiger partial charge in [-0.15, -0.1) is 0 Å². The summed E-state index contributed by atoms with van der Waals surface area (Å²) >= 11 is 5.92. The molecule has 0 heterocycles. The SMILES string of the molecule is CNCCCC(=O)NC(CC(C)C)c1ccc(Cl)cc1. The van der Waals surface area contributed by atoms with E-state index in [4.69, 9.17) is 11.6 Å². The molecule has 2 N–H and O–H groups in total. The van der Waals surface area contributed by atoms with Crippen molar-refractivity contribution in [1.82, 2.24) is 10.6 Å². The third-order valence-electron chi connectivity index (χ3n) is 3.15. The van der Waals surface area contributed by atoms with E-state index < -0.39 is 0 Å². The molecular formula is C16H25ClN2O. The Labute approximate surface area is 127 Å². The molecule has 0 spiro atoms. The van der Waals surface area contributed by atoms with E-state index in [0.29, 0.717) is 12.3 Å². The van der Waals surface area contributed by atoms with Crippen molar-refractivity contribution in [3.05, 3.63) is 34.9 Å². The van der Waals surface area contributed by atoms with Crippen molar-refractivity contribution in [2.75, 3.05) is 13.6 Å². The number of benzene rings is 1. The lowest BCUT2D eigenvalue weighted by Gasteiger charge is -2.21. The minimum absolute atomic E-state index is 0.0642. The van der Waals surface area contributed by atoms with Gasteiger partial charge in [0.1, 0.15) is 0 Å². The van der Waals surface area contributed by atoms with Gasteiger partial charge in [0.25, 0.3) is 0 Å². The van der Waals surface area contributed by atoms with Crippen molar-refractivity contribution in [3.63, 3.8) is 0 Å². The van der Waals surface area contributed by atoms with Crippen LogP contribution in [0.1, 0.15) is 44.7 Å². The van der Waals surface area contributed by atoms with Gasteiger partial charge in [-0.1, -0.05) is 37.6 Å². The molecule has 0 radical (unpaired) electrons. The number of amides is 1. The standard InChI is InChI=1S/C16H25ClN2O/c1-12(2)11-15(13-6-8-14(17)9-7-13)19-16(20)5-4-10-18-3/h6-9,12,15,18H,4-5,10-11H2,1-3H3,(H,19,20). The zero-order chi connectivity index (χ0) is 15.0. The van der Waals surface area contributed by atoms with Gasteiger partial charge in [-0.25, -0.2) is 0 Å². The van der Waals surface area contributed by atoms with E-state index in [-0.39, 0.29) is 11.9 Å². The normalized spacial score (nSPS) is 12.4. The predicted octanol–water partition coefficient (Wildman–Crippen LogP) is 3.54. The fourth-order valence-electron chi connectivity index (χ4n) is 2.14. The highest BCUT2D eigenvalue weighted by Gasteiger charge is 2.15. The monoisotopic (exact) mass is 296 g/mol. The zero-order valence-electron chi connectivity index (χ0n) is 12.6. The molecule has 0 aliphatic carbocycles. The summed E-state index contributed by atoms with van der Waals surface area (Å²) in [4.78, 5) is 12.0. The van der Waals surface area contributed by atoms with Gasteiger partial charge < -0.3 is 10.6 Å². The number of carbonyl (C=O) groups excluding carboxylic acids is 1. The molecule has 1 aromatic rings. The number of hydrogen-bond donors (Lipinski definition) is 2. The fraction of sp³-hybridized carbons (Fsp3) is 0.562. The van der Waals surface area contributed by atoms with Gasteiger partial charge in [-0.2, -0.15) is 0 Å². The Bertz CT molecular complexity index is 403. The van der Waals surface area contributed by atoms with Crippen LogP contribution >= 0.6 is 11.6 Å². The second-order valence-corrected chi connectivity index (χ2v) is 5.94. The summed E-state index contributed by atoms with van der Waals surface area (Å²) in [5, 5.41) is 6.90. The van der Waals surface area contributed by atoms with Gasteiger partial charge in [0.15, 0.2) is 0 Å². The van der Waals surface area contributed by atoms with Gasteiger partial charge in [0, 0.05) is 11.4 Å². The highest BCUT2D eigenvalue weighted by molar-refractivity contribution is 6.30. The molecule has 0 saturated carbocycles. The Morgan fingerprint density at radius 3 is 2.45 bits per heavy atom. The van der Waals surface area contributed by atoms with Crippen LogP contribution in [0, 0.1) is 5.92 Å². The minimum Gasteiger partial charge on any atom is -0.349 e. The largest absolute Gasteiger partial charge is 0.349 e. The molecule has 112 valence electrons. The Morgan fingerprint density at radius 1 is 1.25 bits per heavy atom. The van der Waals surface area contributed by atoms with Crippen molar-refractivity contribution in [2.45, 2.75) is 39.2 Å². The van der Waals surface area contributed by atoms with Crippen molar-refractivity contribution in [2.24, 2.45) is 5.92 Å². The van der Waals surface area contributed by atoms with Crippen LogP contribution in [0.5, 0.6) is 0 Å². The topological polar surface area (TPSA) is 41.1 Å². The molecule has 3 nitrogen and oxygen atoms in total. The third kappa shape index (κ3) is 6.40. The van der Waals surface area contributed by atoms with E-state index >= 15 is 0 Å². The van der Waals surface area contributed by atoms with Crippen molar-refractivity contribution >= 4 is 17.5 Å². The molecule has 0 aromatic heterocycles. The molecule has 0 aliphatic heterocycles. The summed E-state index contributed by atoms with van der Waals surface area (Å²) in [6.07, 6.45) is 2.35. The van der Waals surface area contributed by atoms with Crippen LogP contribution in [0.25, 0.3) is 0 Å². The number of nitrogens with one attached hydrogen (secondary N) is 2. The first-order valence-electron chi connectivity index (χ1n) is 7.22. The summed E-state index contributed by atoms with van der Waals surface area (Å²) in [6, 6.07) is 7.79. The molecule has 0 bridgehead atoms. The molecule has 1 aromatic carbocycles. The Kier molecular flexibility index (Phi) is 7.63. The molecular weight excluding hydrogens is 272 g/mol. The van der Waals surface area contributed by atoms with E-state index in [9.17, 15) is 4.79 Å². The van der Waals surface area contributed by atoms with Crippen LogP contribution in [0.15, 0.2) is 24.3 Å².